The van der Waals surface area contributed by atoms with Crippen LogP contribution >= 0.6 is 0 Å². The summed E-state index contributed by atoms with van der Waals surface area (Å²) in [7, 11) is 0. The predicted octanol–water partition coefficient (Wildman–Crippen LogP) is 2.67. The number of nitrogens with two attached hydrogens (primary N) is 1. The summed E-state index contributed by atoms with van der Waals surface area (Å²) in [5.74, 6) is 0.124. The average molecular weight is 259 g/mol. The van der Waals surface area contributed by atoms with Gasteiger partial charge in [-0.15, -0.1) is 0 Å². The molecule has 0 bridgehead atoms. The van der Waals surface area contributed by atoms with E-state index in [2.05, 4.69) is 25.1 Å². The summed E-state index contributed by atoms with van der Waals surface area (Å²) >= 11 is 0. The second-order valence-corrected chi connectivity index (χ2v) is 5.05. The molecule has 1 atom stereocenters. The maximum atomic E-state index is 9.28. The van der Waals surface area contributed by atoms with E-state index in [9.17, 15) is 5.11 Å². The highest BCUT2D eigenvalue weighted by Crippen LogP contribution is 2.29. The summed E-state index contributed by atoms with van der Waals surface area (Å²) < 4.78 is 5.26. The first-order valence-corrected chi connectivity index (χ1v) is 6.60. The Bertz CT molecular complexity index is 541. The molecular weight excluding hydrogens is 238 g/mol. The Morgan fingerprint density at radius 1 is 1.21 bits per heavy atom. The van der Waals surface area contributed by atoms with Gasteiger partial charge < -0.3 is 15.3 Å². The van der Waals surface area contributed by atoms with Crippen LogP contribution in [0.25, 0.3) is 11.1 Å². The lowest BCUT2D eigenvalue weighted by atomic mass is 9.91. The highest BCUT2D eigenvalue weighted by Gasteiger charge is 2.13. The van der Waals surface area contributed by atoms with E-state index in [4.69, 9.17) is 10.2 Å². The Balaban J connectivity index is 2.36. The van der Waals surface area contributed by atoms with Crippen molar-refractivity contribution in [3.05, 3.63) is 47.4 Å². The average Bonchev–Trinajstić information content (AvgIpc) is 2.84. The number of rotatable bonds is 5. The lowest BCUT2D eigenvalue weighted by Crippen LogP contribution is -2.20. The lowest BCUT2D eigenvalue weighted by Gasteiger charge is -2.15. The zero-order chi connectivity index (χ0) is 13.8. The summed E-state index contributed by atoms with van der Waals surface area (Å²) in [6, 6.07) is 6.26. The fraction of sp³-hybridized carbons (Fsp3) is 0.375. The Kier molecular flexibility index (Phi) is 4.40. The minimum atomic E-state index is 0.124. The van der Waals surface area contributed by atoms with Crippen LogP contribution in [0.3, 0.4) is 0 Å². The summed E-state index contributed by atoms with van der Waals surface area (Å²) in [6.45, 7) is 4.79. The number of hydrogen-bond acceptors (Lipinski definition) is 3. The van der Waals surface area contributed by atoms with Gasteiger partial charge in [0, 0.05) is 12.2 Å². The maximum Gasteiger partial charge on any atom is 0.0983 e. The van der Waals surface area contributed by atoms with Crippen LogP contribution in [0.4, 0.5) is 0 Å². The van der Waals surface area contributed by atoms with E-state index >= 15 is 0 Å². The van der Waals surface area contributed by atoms with E-state index in [0.29, 0.717) is 6.54 Å². The minimum Gasteiger partial charge on any atom is -0.472 e. The Hall–Kier alpha value is -1.58. The molecule has 0 saturated carbocycles. The fourth-order valence-electron chi connectivity index (χ4n) is 2.37. The van der Waals surface area contributed by atoms with E-state index in [1.54, 1.807) is 12.5 Å². The number of aliphatic hydroxyl groups is 1. The quantitative estimate of drug-likeness (QED) is 0.868. The normalized spacial score (nSPS) is 12.6. The van der Waals surface area contributed by atoms with Gasteiger partial charge in [0.1, 0.15) is 0 Å². The van der Waals surface area contributed by atoms with Crippen molar-refractivity contribution in [2.75, 3.05) is 13.2 Å². The van der Waals surface area contributed by atoms with E-state index in [1.165, 1.54) is 16.7 Å². The molecule has 2 rings (SSSR count). The van der Waals surface area contributed by atoms with Crippen LogP contribution in [-0.2, 0) is 6.42 Å². The first kappa shape index (κ1) is 13.8. The number of aryl methyl sites for hydroxylation is 1. The van der Waals surface area contributed by atoms with E-state index < -0.39 is 0 Å². The number of aliphatic hydroxyl groups excluding tert-OH is 1. The van der Waals surface area contributed by atoms with E-state index in [1.807, 2.05) is 6.92 Å². The molecule has 3 nitrogen and oxygen atoms in total. The van der Waals surface area contributed by atoms with Crippen molar-refractivity contribution in [3.8, 4) is 11.1 Å². The van der Waals surface area contributed by atoms with Crippen LogP contribution in [0.15, 0.2) is 35.1 Å². The second kappa shape index (κ2) is 6.04. The molecule has 0 aliphatic carbocycles. The van der Waals surface area contributed by atoms with Gasteiger partial charge in [-0.05, 0) is 55.0 Å². The van der Waals surface area contributed by atoms with Gasteiger partial charge in [-0.25, -0.2) is 0 Å². The van der Waals surface area contributed by atoms with Crippen molar-refractivity contribution >= 4 is 0 Å². The molecule has 0 spiro atoms. The molecule has 2 aromatic rings. The molecule has 1 aromatic heterocycles. The number of furan rings is 1. The third-order valence-corrected chi connectivity index (χ3v) is 3.69. The molecule has 19 heavy (non-hydrogen) atoms. The van der Waals surface area contributed by atoms with Crippen molar-refractivity contribution < 1.29 is 9.52 Å². The molecular formula is C16H21NO2. The van der Waals surface area contributed by atoms with Gasteiger partial charge in [-0.3, -0.25) is 0 Å². The molecule has 0 aliphatic rings. The van der Waals surface area contributed by atoms with Crippen molar-refractivity contribution in [1.29, 1.82) is 0 Å². The van der Waals surface area contributed by atoms with Crippen LogP contribution in [0.2, 0.25) is 0 Å². The van der Waals surface area contributed by atoms with Crippen molar-refractivity contribution in [2.24, 2.45) is 11.7 Å². The van der Waals surface area contributed by atoms with Crippen LogP contribution in [0.5, 0.6) is 0 Å². The maximum absolute atomic E-state index is 9.28. The molecule has 1 unspecified atom stereocenters. The van der Waals surface area contributed by atoms with Crippen LogP contribution in [0, 0.1) is 19.8 Å². The number of hydrogen-bond donors (Lipinski definition) is 2. The molecule has 3 N–H and O–H groups in total. The SMILES string of the molecule is Cc1cocc1-c1cccc(CC(CN)CO)c1C. The van der Waals surface area contributed by atoms with Crippen LogP contribution < -0.4 is 5.73 Å². The molecule has 0 radical (unpaired) electrons. The minimum absolute atomic E-state index is 0.124. The first-order chi connectivity index (χ1) is 9.17. The van der Waals surface area contributed by atoms with Crippen LogP contribution in [-0.4, -0.2) is 18.3 Å². The third-order valence-electron chi connectivity index (χ3n) is 3.69. The standard InChI is InChI=1S/C16H21NO2/c1-11-9-19-10-16(11)15-5-3-4-14(12(15)2)6-13(7-17)8-18/h3-5,9-10,13,18H,6-8,17H2,1-2H3. The van der Waals surface area contributed by atoms with Gasteiger partial charge in [0.15, 0.2) is 0 Å². The molecule has 0 fully saturated rings. The predicted molar refractivity (Wildman–Crippen MR) is 77.0 cm³/mol. The Morgan fingerprint density at radius 2 is 2.00 bits per heavy atom. The Morgan fingerprint density at radius 3 is 2.58 bits per heavy atom. The van der Waals surface area contributed by atoms with Gasteiger partial charge in [-0.1, -0.05) is 18.2 Å². The molecule has 1 aromatic carbocycles. The first-order valence-electron chi connectivity index (χ1n) is 6.60. The van der Waals surface area contributed by atoms with Crippen molar-refractivity contribution in [2.45, 2.75) is 20.3 Å². The van der Waals surface area contributed by atoms with Gasteiger partial charge in [0.2, 0.25) is 0 Å². The summed E-state index contributed by atoms with van der Waals surface area (Å²) in [5, 5.41) is 9.28. The van der Waals surface area contributed by atoms with E-state index in [-0.39, 0.29) is 12.5 Å². The number of benzene rings is 1. The van der Waals surface area contributed by atoms with E-state index in [0.717, 1.165) is 17.5 Å². The van der Waals surface area contributed by atoms with Crippen molar-refractivity contribution in [3.63, 3.8) is 0 Å². The second-order valence-electron chi connectivity index (χ2n) is 5.05. The van der Waals surface area contributed by atoms with Gasteiger partial charge >= 0.3 is 0 Å². The highest BCUT2D eigenvalue weighted by atomic mass is 16.3. The fourth-order valence-corrected chi connectivity index (χ4v) is 2.37. The third kappa shape index (κ3) is 2.88. The van der Waals surface area contributed by atoms with Gasteiger partial charge in [0.25, 0.3) is 0 Å². The van der Waals surface area contributed by atoms with Gasteiger partial charge in [-0.2, -0.15) is 0 Å². The lowest BCUT2D eigenvalue weighted by molar-refractivity contribution is 0.229. The van der Waals surface area contributed by atoms with Gasteiger partial charge in [0.05, 0.1) is 12.5 Å². The van der Waals surface area contributed by atoms with Crippen LogP contribution in [0.1, 0.15) is 16.7 Å². The summed E-state index contributed by atoms with van der Waals surface area (Å²) in [4.78, 5) is 0. The summed E-state index contributed by atoms with van der Waals surface area (Å²) in [5.41, 5.74) is 11.6. The zero-order valence-electron chi connectivity index (χ0n) is 11.5. The molecule has 0 amide bonds. The molecule has 1 heterocycles. The zero-order valence-corrected chi connectivity index (χ0v) is 11.5. The molecule has 102 valence electrons. The molecule has 0 saturated heterocycles. The summed E-state index contributed by atoms with van der Waals surface area (Å²) in [6.07, 6.45) is 4.36. The smallest absolute Gasteiger partial charge is 0.0983 e. The highest BCUT2D eigenvalue weighted by molar-refractivity contribution is 5.70. The molecule has 0 aliphatic heterocycles. The largest absolute Gasteiger partial charge is 0.472 e. The Labute approximate surface area is 114 Å². The van der Waals surface area contributed by atoms with Crippen molar-refractivity contribution in [1.82, 2.24) is 0 Å². The monoisotopic (exact) mass is 259 g/mol. The topological polar surface area (TPSA) is 59.4 Å². The molecule has 3 heteroatoms.